The molecule has 160 valence electrons. The molecule has 1 fully saturated rings. The van der Waals surface area contributed by atoms with Crippen molar-refractivity contribution in [3.05, 3.63) is 47.4 Å². The highest BCUT2D eigenvalue weighted by Crippen LogP contribution is 2.33. The van der Waals surface area contributed by atoms with Crippen LogP contribution in [0.1, 0.15) is 41.4 Å². The minimum atomic E-state index is -0.0307. The normalized spacial score (nSPS) is 15.7. The molecule has 5 rings (SSSR count). The number of rotatable bonds is 6. The Bertz CT molecular complexity index is 1120. The zero-order valence-electron chi connectivity index (χ0n) is 17.9. The number of fused-ring (bicyclic) bond motifs is 1. The van der Waals surface area contributed by atoms with Crippen LogP contribution in [0.15, 0.2) is 30.6 Å². The minimum absolute atomic E-state index is 0.0307. The average Bonchev–Trinajstić information content (AvgIpc) is 3.54. The van der Waals surface area contributed by atoms with Crippen LogP contribution < -0.4 is 15.1 Å². The molecular formula is C22H26N8O. The monoisotopic (exact) mass is 418 g/mol. The molecule has 0 atom stereocenters. The lowest BCUT2D eigenvalue weighted by atomic mass is 10.1. The fourth-order valence-corrected chi connectivity index (χ4v) is 4.34. The summed E-state index contributed by atoms with van der Waals surface area (Å²) in [5, 5.41) is 11.4. The minimum Gasteiger partial charge on any atom is -0.357 e. The first-order chi connectivity index (χ1) is 15.2. The molecule has 0 saturated carbocycles. The van der Waals surface area contributed by atoms with Gasteiger partial charge in [0, 0.05) is 31.7 Å². The van der Waals surface area contributed by atoms with Gasteiger partial charge in [0.2, 0.25) is 0 Å². The molecule has 1 N–H and O–H groups in total. The molecule has 9 nitrogen and oxygen atoms in total. The fourth-order valence-electron chi connectivity index (χ4n) is 4.34. The van der Waals surface area contributed by atoms with Crippen molar-refractivity contribution in [2.45, 2.75) is 39.4 Å². The van der Waals surface area contributed by atoms with Gasteiger partial charge in [-0.3, -0.25) is 9.69 Å². The van der Waals surface area contributed by atoms with E-state index in [0.717, 1.165) is 42.3 Å². The lowest BCUT2D eigenvalue weighted by Gasteiger charge is -2.18. The maximum absolute atomic E-state index is 13.4. The van der Waals surface area contributed by atoms with Gasteiger partial charge in [0.1, 0.15) is 23.7 Å². The van der Waals surface area contributed by atoms with Gasteiger partial charge in [0.15, 0.2) is 5.82 Å². The Morgan fingerprint density at radius 3 is 2.74 bits per heavy atom. The quantitative estimate of drug-likeness (QED) is 0.656. The van der Waals surface area contributed by atoms with Crippen molar-refractivity contribution in [3.8, 4) is 11.5 Å². The number of pyridine rings is 2. The summed E-state index contributed by atoms with van der Waals surface area (Å²) in [6.45, 7) is 5.86. The third-order valence-corrected chi connectivity index (χ3v) is 5.96. The summed E-state index contributed by atoms with van der Waals surface area (Å²) in [4.78, 5) is 27.1. The van der Waals surface area contributed by atoms with Gasteiger partial charge >= 0.3 is 0 Å². The number of carbonyl (C=O) groups is 1. The van der Waals surface area contributed by atoms with Gasteiger partial charge in [0.25, 0.3) is 5.91 Å². The Balaban J connectivity index is 1.51. The van der Waals surface area contributed by atoms with Crippen LogP contribution in [0.3, 0.4) is 0 Å². The molecule has 0 aromatic carbocycles. The van der Waals surface area contributed by atoms with Crippen LogP contribution in [-0.4, -0.2) is 50.8 Å². The second kappa shape index (κ2) is 8.07. The van der Waals surface area contributed by atoms with Crippen LogP contribution in [0, 0.1) is 0 Å². The standard InChI is InChI=1S/C22H26N8O/c1-3-28-14-24-27-21(28)17-7-6-8-19(25-17)30-13-16-15(22(30)31)11-20(26-18(16)12-23-2)29-9-4-5-10-29/h6-8,11,14,23H,3-5,9-10,12-13H2,1-2H3. The summed E-state index contributed by atoms with van der Waals surface area (Å²) in [6.07, 6.45) is 4.02. The molecule has 31 heavy (non-hydrogen) atoms. The molecule has 3 aromatic rings. The number of carbonyl (C=O) groups excluding carboxylic acids is 1. The first-order valence-corrected chi connectivity index (χ1v) is 10.8. The number of aromatic nitrogens is 5. The van der Waals surface area contributed by atoms with E-state index in [4.69, 9.17) is 9.97 Å². The predicted octanol–water partition coefficient (Wildman–Crippen LogP) is 2.24. The summed E-state index contributed by atoms with van der Waals surface area (Å²) in [5.74, 6) is 2.18. The van der Waals surface area contributed by atoms with Crippen molar-refractivity contribution < 1.29 is 4.79 Å². The molecule has 0 aliphatic carbocycles. The smallest absolute Gasteiger partial charge is 0.260 e. The fraction of sp³-hybridized carbons (Fsp3) is 0.409. The molecule has 1 saturated heterocycles. The summed E-state index contributed by atoms with van der Waals surface area (Å²) in [6, 6.07) is 7.63. The highest BCUT2D eigenvalue weighted by Gasteiger charge is 2.33. The van der Waals surface area contributed by atoms with Crippen molar-refractivity contribution in [2.75, 3.05) is 29.9 Å². The van der Waals surface area contributed by atoms with Gasteiger partial charge in [-0.15, -0.1) is 10.2 Å². The van der Waals surface area contributed by atoms with E-state index in [1.54, 1.807) is 11.2 Å². The van der Waals surface area contributed by atoms with E-state index in [9.17, 15) is 4.79 Å². The van der Waals surface area contributed by atoms with Crippen LogP contribution >= 0.6 is 0 Å². The average molecular weight is 419 g/mol. The number of nitrogens with one attached hydrogen (secondary N) is 1. The summed E-state index contributed by atoms with van der Waals surface area (Å²) < 4.78 is 1.93. The van der Waals surface area contributed by atoms with Crippen molar-refractivity contribution in [2.24, 2.45) is 0 Å². The molecule has 5 heterocycles. The highest BCUT2D eigenvalue weighted by molar-refractivity contribution is 6.10. The van der Waals surface area contributed by atoms with Gasteiger partial charge in [0.05, 0.1) is 17.8 Å². The number of hydrogen-bond donors (Lipinski definition) is 1. The largest absolute Gasteiger partial charge is 0.357 e. The van der Waals surface area contributed by atoms with Gasteiger partial charge in [-0.05, 0) is 45.0 Å². The number of amides is 1. The molecule has 2 aliphatic rings. The van der Waals surface area contributed by atoms with Gasteiger partial charge in [-0.1, -0.05) is 6.07 Å². The maximum atomic E-state index is 13.4. The van der Waals surface area contributed by atoms with E-state index in [-0.39, 0.29) is 5.91 Å². The molecule has 0 spiro atoms. The van der Waals surface area contributed by atoms with Gasteiger partial charge < -0.3 is 14.8 Å². The Labute approximate surface area is 181 Å². The SMILES string of the molecule is CCn1cnnc1-c1cccc(N2Cc3c(cc(N4CCCC4)nc3CNC)C2=O)n1. The summed E-state index contributed by atoms with van der Waals surface area (Å²) in [7, 11) is 1.90. The van der Waals surface area contributed by atoms with Crippen LogP contribution in [0.4, 0.5) is 11.6 Å². The summed E-state index contributed by atoms with van der Waals surface area (Å²) >= 11 is 0. The first kappa shape index (κ1) is 19.6. The maximum Gasteiger partial charge on any atom is 0.260 e. The molecule has 1 amide bonds. The molecule has 0 radical (unpaired) electrons. The third kappa shape index (κ3) is 3.44. The van der Waals surface area contributed by atoms with E-state index < -0.39 is 0 Å². The highest BCUT2D eigenvalue weighted by atomic mass is 16.2. The Morgan fingerprint density at radius 2 is 1.97 bits per heavy atom. The van der Waals surface area contributed by atoms with Gasteiger partial charge in [-0.25, -0.2) is 9.97 Å². The molecule has 3 aromatic heterocycles. The van der Waals surface area contributed by atoms with Crippen molar-refractivity contribution in [1.82, 2.24) is 30.0 Å². The topological polar surface area (TPSA) is 92.1 Å². The van der Waals surface area contributed by atoms with E-state index >= 15 is 0 Å². The number of hydrogen-bond acceptors (Lipinski definition) is 7. The van der Waals surface area contributed by atoms with E-state index in [1.807, 2.05) is 42.8 Å². The second-order valence-corrected chi connectivity index (χ2v) is 7.89. The first-order valence-electron chi connectivity index (χ1n) is 10.8. The molecular weight excluding hydrogens is 392 g/mol. The van der Waals surface area contributed by atoms with Crippen molar-refractivity contribution in [1.29, 1.82) is 0 Å². The van der Waals surface area contributed by atoms with Crippen LogP contribution in [0.25, 0.3) is 11.5 Å². The number of nitrogens with zero attached hydrogens (tertiary/aromatic N) is 7. The number of anilines is 2. The zero-order chi connectivity index (χ0) is 21.4. The number of aryl methyl sites for hydroxylation is 1. The Kier molecular flexibility index (Phi) is 5.11. The predicted molar refractivity (Wildman–Crippen MR) is 118 cm³/mol. The molecule has 9 heteroatoms. The lowest BCUT2D eigenvalue weighted by molar-refractivity contribution is 0.0996. The van der Waals surface area contributed by atoms with E-state index in [2.05, 4.69) is 20.4 Å². The van der Waals surface area contributed by atoms with Crippen LogP contribution in [0.5, 0.6) is 0 Å². The second-order valence-electron chi connectivity index (χ2n) is 7.89. The Morgan fingerprint density at radius 1 is 1.13 bits per heavy atom. The molecule has 2 aliphatic heterocycles. The third-order valence-electron chi connectivity index (χ3n) is 5.96. The van der Waals surface area contributed by atoms with E-state index in [0.29, 0.717) is 30.4 Å². The van der Waals surface area contributed by atoms with Crippen LogP contribution in [0.2, 0.25) is 0 Å². The van der Waals surface area contributed by atoms with Crippen LogP contribution in [-0.2, 0) is 19.6 Å². The van der Waals surface area contributed by atoms with Crippen molar-refractivity contribution >= 4 is 17.5 Å². The lowest BCUT2D eigenvalue weighted by Crippen LogP contribution is -2.24. The van der Waals surface area contributed by atoms with Crippen molar-refractivity contribution in [3.63, 3.8) is 0 Å². The van der Waals surface area contributed by atoms with E-state index in [1.165, 1.54) is 12.8 Å². The molecule has 0 bridgehead atoms. The Hall–Kier alpha value is -3.33. The van der Waals surface area contributed by atoms with Gasteiger partial charge in [-0.2, -0.15) is 0 Å². The summed E-state index contributed by atoms with van der Waals surface area (Å²) in [5.41, 5.74) is 3.34. The zero-order valence-corrected chi connectivity index (χ0v) is 17.9. The molecule has 0 unspecified atom stereocenters.